The summed E-state index contributed by atoms with van der Waals surface area (Å²) in [6, 6.07) is 5.56. The predicted octanol–water partition coefficient (Wildman–Crippen LogP) is 1.61. The highest BCUT2D eigenvalue weighted by Gasteiger charge is 2.43. The number of hydrogen-bond donors (Lipinski definition) is 2. The number of amides is 3. The number of rotatable bonds is 2. The molecule has 1 saturated heterocycles. The highest BCUT2D eigenvalue weighted by Crippen LogP contribution is 2.26. The zero-order valence-corrected chi connectivity index (χ0v) is 10.3. The van der Waals surface area contributed by atoms with Crippen molar-refractivity contribution in [2.45, 2.75) is 32.7 Å². The monoisotopic (exact) mass is 232 g/mol. The normalized spacial score (nSPS) is 23.5. The molecule has 3 amide bonds. The van der Waals surface area contributed by atoms with Gasteiger partial charge in [0.25, 0.3) is 5.91 Å². The molecular weight excluding hydrogens is 216 g/mol. The van der Waals surface area contributed by atoms with E-state index in [0.29, 0.717) is 0 Å². The van der Waals surface area contributed by atoms with Crippen LogP contribution in [0.1, 0.15) is 30.5 Å². The van der Waals surface area contributed by atoms with E-state index in [0.717, 1.165) is 23.1 Å². The first-order chi connectivity index (χ1) is 7.95. The highest BCUT2D eigenvalue weighted by molar-refractivity contribution is 6.07. The van der Waals surface area contributed by atoms with Crippen molar-refractivity contribution in [3.8, 4) is 0 Å². The van der Waals surface area contributed by atoms with Gasteiger partial charge in [0.05, 0.1) is 0 Å². The zero-order valence-electron chi connectivity index (χ0n) is 10.3. The fourth-order valence-electron chi connectivity index (χ4n) is 2.10. The molecule has 1 heterocycles. The third-order valence-electron chi connectivity index (χ3n) is 3.17. The van der Waals surface area contributed by atoms with Crippen LogP contribution in [0.25, 0.3) is 0 Å². The second kappa shape index (κ2) is 3.87. The highest BCUT2D eigenvalue weighted by atomic mass is 16.2. The maximum absolute atomic E-state index is 11.8. The molecule has 1 aromatic carbocycles. The van der Waals surface area contributed by atoms with Crippen LogP contribution in [0.3, 0.4) is 0 Å². The van der Waals surface area contributed by atoms with Crippen LogP contribution in [-0.2, 0) is 16.8 Å². The van der Waals surface area contributed by atoms with Crippen LogP contribution in [-0.4, -0.2) is 11.9 Å². The summed E-state index contributed by atoms with van der Waals surface area (Å²) in [6.07, 6.45) is 0.903. The van der Waals surface area contributed by atoms with Gasteiger partial charge in [-0.2, -0.15) is 0 Å². The van der Waals surface area contributed by atoms with Crippen molar-refractivity contribution in [2.75, 3.05) is 0 Å². The van der Waals surface area contributed by atoms with Gasteiger partial charge in [0, 0.05) is 0 Å². The number of nitrogens with one attached hydrogen (secondary N) is 2. The average molecular weight is 232 g/mol. The molecule has 17 heavy (non-hydrogen) atoms. The first-order valence-corrected chi connectivity index (χ1v) is 5.70. The molecule has 90 valence electrons. The summed E-state index contributed by atoms with van der Waals surface area (Å²) in [5, 5.41) is 4.95. The van der Waals surface area contributed by atoms with Gasteiger partial charge in [-0.3, -0.25) is 10.1 Å². The largest absolute Gasteiger partial charge is 0.322 e. The molecule has 1 aliphatic heterocycles. The van der Waals surface area contributed by atoms with Crippen molar-refractivity contribution >= 4 is 11.9 Å². The van der Waals surface area contributed by atoms with Crippen LogP contribution >= 0.6 is 0 Å². The summed E-state index contributed by atoms with van der Waals surface area (Å²) in [6.45, 7) is 5.77. The molecule has 0 radical (unpaired) electrons. The van der Waals surface area contributed by atoms with Crippen LogP contribution in [0.5, 0.6) is 0 Å². The molecule has 2 rings (SSSR count). The van der Waals surface area contributed by atoms with E-state index in [1.165, 1.54) is 0 Å². The topological polar surface area (TPSA) is 58.2 Å². The maximum atomic E-state index is 11.8. The Hall–Kier alpha value is -1.84. The lowest BCUT2D eigenvalue weighted by molar-refractivity contribution is -0.123. The van der Waals surface area contributed by atoms with Gasteiger partial charge in [0.15, 0.2) is 0 Å². The van der Waals surface area contributed by atoms with E-state index in [-0.39, 0.29) is 5.91 Å². The van der Waals surface area contributed by atoms with Crippen LogP contribution in [0.2, 0.25) is 0 Å². The lowest BCUT2D eigenvalue weighted by atomic mass is 9.89. The lowest BCUT2D eigenvalue weighted by Crippen LogP contribution is -2.40. The number of aryl methyl sites for hydroxylation is 2. The van der Waals surface area contributed by atoms with Crippen molar-refractivity contribution in [2.24, 2.45) is 0 Å². The molecule has 1 atom stereocenters. The van der Waals surface area contributed by atoms with Crippen molar-refractivity contribution < 1.29 is 9.59 Å². The molecule has 1 aromatic rings. The number of imide groups is 1. The van der Waals surface area contributed by atoms with E-state index in [9.17, 15) is 9.59 Å². The maximum Gasteiger partial charge on any atom is 0.322 e. The quantitative estimate of drug-likeness (QED) is 0.761. The summed E-state index contributed by atoms with van der Waals surface area (Å²) in [7, 11) is 0. The minimum Gasteiger partial charge on any atom is -0.320 e. The Morgan fingerprint density at radius 2 is 1.94 bits per heavy atom. The SMILES string of the molecule is CCc1cc(C)cc(C2(C)NC(=O)NC2=O)c1. The number of carbonyl (C=O) groups is 2. The molecule has 4 nitrogen and oxygen atoms in total. The summed E-state index contributed by atoms with van der Waals surface area (Å²) < 4.78 is 0. The molecule has 1 unspecified atom stereocenters. The van der Waals surface area contributed by atoms with Crippen LogP contribution in [0, 0.1) is 6.92 Å². The van der Waals surface area contributed by atoms with Gasteiger partial charge in [-0.1, -0.05) is 30.7 Å². The van der Waals surface area contributed by atoms with Crippen molar-refractivity contribution in [3.05, 3.63) is 34.9 Å². The minimum atomic E-state index is -0.951. The summed E-state index contributed by atoms with van der Waals surface area (Å²) >= 11 is 0. The van der Waals surface area contributed by atoms with Crippen LogP contribution in [0.15, 0.2) is 18.2 Å². The van der Waals surface area contributed by atoms with Gasteiger partial charge < -0.3 is 5.32 Å². The predicted molar refractivity (Wildman–Crippen MR) is 64.6 cm³/mol. The van der Waals surface area contributed by atoms with Gasteiger partial charge in [0.2, 0.25) is 0 Å². The van der Waals surface area contributed by atoms with Crippen molar-refractivity contribution in [1.29, 1.82) is 0 Å². The van der Waals surface area contributed by atoms with Crippen molar-refractivity contribution in [1.82, 2.24) is 10.6 Å². The standard InChI is InChI=1S/C13H16N2O2/c1-4-9-5-8(2)6-10(7-9)13(3)11(16)14-12(17)15-13/h5-7H,4H2,1-3H3,(H2,14,15,16,17). The second-order valence-electron chi connectivity index (χ2n) is 4.59. The summed E-state index contributed by atoms with van der Waals surface area (Å²) in [5.74, 6) is -0.296. The second-order valence-corrected chi connectivity index (χ2v) is 4.59. The van der Waals surface area contributed by atoms with E-state index < -0.39 is 11.6 Å². The third-order valence-corrected chi connectivity index (χ3v) is 3.17. The zero-order chi connectivity index (χ0) is 12.6. The Bertz CT molecular complexity index is 496. The Labute approximate surface area is 100 Å². The molecule has 0 aliphatic carbocycles. The molecule has 0 aromatic heterocycles. The average Bonchev–Trinajstić information content (AvgIpc) is 2.53. The van der Waals surface area contributed by atoms with Crippen LogP contribution in [0.4, 0.5) is 4.79 Å². The van der Waals surface area contributed by atoms with E-state index in [1.807, 2.05) is 19.1 Å². The van der Waals surface area contributed by atoms with Crippen LogP contribution < -0.4 is 10.6 Å². The first kappa shape index (κ1) is 11.6. The minimum absolute atomic E-state index is 0.296. The van der Waals surface area contributed by atoms with E-state index in [1.54, 1.807) is 6.92 Å². The van der Waals surface area contributed by atoms with Gasteiger partial charge in [-0.05, 0) is 31.4 Å². The van der Waals surface area contributed by atoms with Gasteiger partial charge in [-0.15, -0.1) is 0 Å². The molecule has 0 saturated carbocycles. The molecule has 0 spiro atoms. The van der Waals surface area contributed by atoms with E-state index in [2.05, 4.69) is 23.6 Å². The fourth-order valence-corrected chi connectivity index (χ4v) is 2.10. The summed E-state index contributed by atoms with van der Waals surface area (Å²) in [5.41, 5.74) is 2.13. The van der Waals surface area contributed by atoms with Crippen molar-refractivity contribution in [3.63, 3.8) is 0 Å². The Morgan fingerprint density at radius 1 is 1.24 bits per heavy atom. The Balaban J connectivity index is 2.49. The number of benzene rings is 1. The smallest absolute Gasteiger partial charge is 0.320 e. The molecule has 0 bridgehead atoms. The summed E-state index contributed by atoms with van der Waals surface area (Å²) in [4.78, 5) is 23.1. The first-order valence-electron chi connectivity index (χ1n) is 5.70. The van der Waals surface area contributed by atoms with Gasteiger partial charge in [0.1, 0.15) is 5.54 Å². The molecule has 4 heteroatoms. The number of urea groups is 1. The molecule has 1 fully saturated rings. The van der Waals surface area contributed by atoms with Gasteiger partial charge >= 0.3 is 6.03 Å². The lowest BCUT2D eigenvalue weighted by Gasteiger charge is -2.22. The number of carbonyl (C=O) groups excluding carboxylic acids is 2. The Kier molecular flexibility index (Phi) is 2.65. The number of hydrogen-bond acceptors (Lipinski definition) is 2. The molecule has 2 N–H and O–H groups in total. The molecular formula is C13H16N2O2. The third kappa shape index (κ3) is 1.90. The molecule has 1 aliphatic rings. The van der Waals surface area contributed by atoms with Gasteiger partial charge in [-0.25, -0.2) is 4.79 Å². The fraction of sp³-hybridized carbons (Fsp3) is 0.385. The van der Waals surface area contributed by atoms with E-state index in [4.69, 9.17) is 0 Å². The van der Waals surface area contributed by atoms with E-state index >= 15 is 0 Å². The Morgan fingerprint density at radius 3 is 2.47 bits per heavy atom.